The van der Waals surface area contributed by atoms with Crippen molar-refractivity contribution in [1.29, 1.82) is 0 Å². The van der Waals surface area contributed by atoms with Gasteiger partial charge in [-0.2, -0.15) is 0 Å². The van der Waals surface area contributed by atoms with Crippen LogP contribution in [0.3, 0.4) is 0 Å². The van der Waals surface area contributed by atoms with E-state index in [4.69, 9.17) is 10.0 Å². The Bertz CT molecular complexity index is 478. The lowest BCUT2D eigenvalue weighted by molar-refractivity contribution is 0.426. The standard InChI is InChI=1S/C9H9BO3S/c1-5-8(11)6-3-2-4-7(10(12)13)9(6)14-5/h2-4,11-13H,1H3. The molecule has 0 saturated heterocycles. The minimum absolute atomic E-state index is 0.229. The quantitative estimate of drug-likeness (QED) is 0.601. The maximum Gasteiger partial charge on any atom is 0.489 e. The summed E-state index contributed by atoms with van der Waals surface area (Å²) in [6.45, 7) is 1.80. The van der Waals surface area contributed by atoms with Crippen LogP contribution in [0.25, 0.3) is 10.1 Å². The van der Waals surface area contributed by atoms with Gasteiger partial charge in [-0.15, -0.1) is 11.3 Å². The highest BCUT2D eigenvalue weighted by Crippen LogP contribution is 2.34. The molecule has 3 N–H and O–H groups in total. The SMILES string of the molecule is Cc1sc2c(B(O)O)cccc2c1O. The molecule has 0 unspecified atom stereocenters. The van der Waals surface area contributed by atoms with E-state index in [-0.39, 0.29) is 5.75 Å². The lowest BCUT2D eigenvalue weighted by Gasteiger charge is -1.99. The van der Waals surface area contributed by atoms with Crippen LogP contribution >= 0.6 is 11.3 Å². The van der Waals surface area contributed by atoms with Gasteiger partial charge in [-0.25, -0.2) is 0 Å². The molecule has 2 rings (SSSR count). The highest BCUT2D eigenvalue weighted by Gasteiger charge is 2.18. The van der Waals surface area contributed by atoms with Gasteiger partial charge in [0.1, 0.15) is 5.75 Å². The monoisotopic (exact) mass is 208 g/mol. The predicted molar refractivity (Wildman–Crippen MR) is 58.1 cm³/mol. The van der Waals surface area contributed by atoms with Crippen molar-refractivity contribution in [2.24, 2.45) is 0 Å². The summed E-state index contributed by atoms with van der Waals surface area (Å²) in [6, 6.07) is 5.10. The van der Waals surface area contributed by atoms with Crippen molar-refractivity contribution >= 4 is 34.0 Å². The molecule has 0 aliphatic carbocycles. The van der Waals surface area contributed by atoms with Crippen molar-refractivity contribution in [2.75, 3.05) is 0 Å². The highest BCUT2D eigenvalue weighted by atomic mass is 32.1. The smallest absolute Gasteiger partial charge is 0.489 e. The van der Waals surface area contributed by atoms with Crippen molar-refractivity contribution in [3.8, 4) is 5.75 Å². The molecule has 14 heavy (non-hydrogen) atoms. The third-order valence-corrected chi connectivity index (χ3v) is 3.33. The zero-order chi connectivity index (χ0) is 10.3. The number of aromatic hydroxyl groups is 1. The third-order valence-electron chi connectivity index (χ3n) is 2.17. The fraction of sp³-hybridized carbons (Fsp3) is 0.111. The Kier molecular flexibility index (Phi) is 2.22. The number of benzene rings is 1. The van der Waals surface area contributed by atoms with Crippen LogP contribution in [0, 0.1) is 6.92 Å². The number of rotatable bonds is 1. The van der Waals surface area contributed by atoms with Crippen LogP contribution in [0.15, 0.2) is 18.2 Å². The molecule has 1 heterocycles. The van der Waals surface area contributed by atoms with Crippen LogP contribution in [0.1, 0.15) is 4.88 Å². The van der Waals surface area contributed by atoms with Crippen molar-refractivity contribution in [3.63, 3.8) is 0 Å². The van der Waals surface area contributed by atoms with Gasteiger partial charge >= 0.3 is 7.12 Å². The van der Waals surface area contributed by atoms with Crippen LogP contribution in [0.4, 0.5) is 0 Å². The van der Waals surface area contributed by atoms with Crippen molar-refractivity contribution in [2.45, 2.75) is 6.92 Å². The van der Waals surface area contributed by atoms with Gasteiger partial charge in [0.15, 0.2) is 0 Å². The highest BCUT2D eigenvalue weighted by molar-refractivity contribution is 7.20. The molecule has 3 nitrogen and oxygen atoms in total. The number of fused-ring (bicyclic) bond motifs is 1. The minimum Gasteiger partial charge on any atom is -0.506 e. The normalized spacial score (nSPS) is 10.8. The van der Waals surface area contributed by atoms with E-state index in [1.807, 2.05) is 0 Å². The molecule has 5 heteroatoms. The Morgan fingerprint density at radius 3 is 2.64 bits per heavy atom. The summed E-state index contributed by atoms with van der Waals surface area (Å²) in [5.74, 6) is 0.229. The molecule has 0 bridgehead atoms. The molecule has 0 aliphatic heterocycles. The summed E-state index contributed by atoms with van der Waals surface area (Å²) >= 11 is 1.36. The van der Waals surface area contributed by atoms with Gasteiger partial charge in [0.25, 0.3) is 0 Å². The average molecular weight is 208 g/mol. The number of thiophene rings is 1. The topological polar surface area (TPSA) is 60.7 Å². The van der Waals surface area contributed by atoms with Gasteiger partial charge in [0.05, 0.1) is 0 Å². The second-order valence-corrected chi connectivity index (χ2v) is 4.33. The summed E-state index contributed by atoms with van der Waals surface area (Å²) in [4.78, 5) is 0.785. The Balaban J connectivity index is 2.81. The van der Waals surface area contributed by atoms with Gasteiger partial charge in [-0.1, -0.05) is 12.1 Å². The van der Waals surface area contributed by atoms with Crippen molar-refractivity contribution < 1.29 is 15.2 Å². The van der Waals surface area contributed by atoms with E-state index in [0.29, 0.717) is 10.8 Å². The number of hydrogen-bond acceptors (Lipinski definition) is 4. The molecule has 0 radical (unpaired) electrons. The van der Waals surface area contributed by atoms with Crippen LogP contribution < -0.4 is 5.46 Å². The molecule has 72 valence electrons. The summed E-state index contributed by atoms with van der Waals surface area (Å²) in [5.41, 5.74) is 0.441. The first-order valence-electron chi connectivity index (χ1n) is 4.18. The van der Waals surface area contributed by atoms with E-state index in [9.17, 15) is 5.11 Å². The molecule has 0 saturated carbocycles. The second-order valence-electron chi connectivity index (χ2n) is 3.10. The summed E-state index contributed by atoms with van der Waals surface area (Å²) < 4.78 is 0.734. The zero-order valence-corrected chi connectivity index (χ0v) is 8.38. The fourth-order valence-corrected chi connectivity index (χ4v) is 2.53. The van der Waals surface area contributed by atoms with E-state index in [1.165, 1.54) is 11.3 Å². The van der Waals surface area contributed by atoms with Crippen LogP contribution in [0.5, 0.6) is 5.75 Å². The molecule has 0 atom stereocenters. The minimum atomic E-state index is -1.49. The lowest BCUT2D eigenvalue weighted by atomic mass is 9.80. The Labute approximate surface area is 85.4 Å². The Hall–Kier alpha value is -1.04. The largest absolute Gasteiger partial charge is 0.506 e. The molecule has 0 fully saturated rings. The van der Waals surface area contributed by atoms with E-state index in [0.717, 1.165) is 9.58 Å². The Morgan fingerprint density at radius 2 is 2.00 bits per heavy atom. The lowest BCUT2D eigenvalue weighted by Crippen LogP contribution is -2.29. The Morgan fingerprint density at radius 1 is 1.29 bits per heavy atom. The van der Waals surface area contributed by atoms with Crippen LogP contribution in [0.2, 0.25) is 0 Å². The van der Waals surface area contributed by atoms with Crippen LogP contribution in [-0.4, -0.2) is 22.3 Å². The van der Waals surface area contributed by atoms with E-state index < -0.39 is 7.12 Å². The van der Waals surface area contributed by atoms with Gasteiger partial charge in [0.2, 0.25) is 0 Å². The average Bonchev–Trinajstić information content (AvgIpc) is 2.43. The van der Waals surface area contributed by atoms with Gasteiger partial charge in [-0.05, 0) is 13.0 Å². The maximum atomic E-state index is 9.65. The van der Waals surface area contributed by atoms with Crippen molar-refractivity contribution in [3.05, 3.63) is 23.1 Å². The van der Waals surface area contributed by atoms with E-state index in [2.05, 4.69) is 0 Å². The fourth-order valence-electron chi connectivity index (χ4n) is 1.45. The maximum absolute atomic E-state index is 9.65. The van der Waals surface area contributed by atoms with Crippen molar-refractivity contribution in [1.82, 2.24) is 0 Å². The molecule has 2 aromatic rings. The van der Waals surface area contributed by atoms with Gasteiger partial charge < -0.3 is 15.2 Å². The summed E-state index contributed by atoms with van der Waals surface area (Å²) in [6.07, 6.45) is 0. The number of hydrogen-bond donors (Lipinski definition) is 3. The third kappa shape index (κ3) is 1.30. The van der Waals surface area contributed by atoms with E-state index in [1.54, 1.807) is 25.1 Å². The molecule has 0 spiro atoms. The number of aryl methyl sites for hydroxylation is 1. The second kappa shape index (κ2) is 3.27. The van der Waals surface area contributed by atoms with Gasteiger partial charge in [-0.3, -0.25) is 0 Å². The molecular weight excluding hydrogens is 199 g/mol. The molecular formula is C9H9BO3S. The zero-order valence-electron chi connectivity index (χ0n) is 7.56. The first-order valence-corrected chi connectivity index (χ1v) is 5.00. The first kappa shape index (κ1) is 9.52. The van der Waals surface area contributed by atoms with E-state index >= 15 is 0 Å². The summed E-state index contributed by atoms with van der Waals surface area (Å²) in [7, 11) is -1.49. The molecule has 1 aromatic heterocycles. The summed E-state index contributed by atoms with van der Waals surface area (Å²) in [5, 5.41) is 28.5. The molecule has 0 aliphatic rings. The molecule has 0 amide bonds. The molecule has 1 aromatic carbocycles. The predicted octanol–water partition coefficient (Wildman–Crippen LogP) is 0.595. The van der Waals surface area contributed by atoms with Crippen LogP contribution in [-0.2, 0) is 0 Å². The van der Waals surface area contributed by atoms with Gasteiger partial charge in [0, 0.05) is 20.4 Å². The first-order chi connectivity index (χ1) is 6.61.